The Balaban J connectivity index is 2.15. The Bertz CT molecular complexity index is 1050. The number of hydrogen-bond donors (Lipinski definition) is 0. The van der Waals surface area contributed by atoms with E-state index in [1.54, 1.807) is 7.11 Å². The summed E-state index contributed by atoms with van der Waals surface area (Å²) < 4.78 is 8.02. The van der Waals surface area contributed by atoms with E-state index >= 15 is 0 Å². The van der Waals surface area contributed by atoms with Crippen LogP contribution in [0, 0.1) is 6.92 Å². The zero-order valence-corrected chi connectivity index (χ0v) is 21.1. The summed E-state index contributed by atoms with van der Waals surface area (Å²) in [6, 6.07) is 4.53. The van der Waals surface area contributed by atoms with E-state index in [0.29, 0.717) is 17.8 Å². The molecule has 6 nitrogen and oxygen atoms in total. The van der Waals surface area contributed by atoms with Crippen molar-refractivity contribution in [2.75, 3.05) is 26.7 Å². The van der Waals surface area contributed by atoms with Crippen molar-refractivity contribution in [1.82, 2.24) is 24.4 Å². The van der Waals surface area contributed by atoms with Crippen LogP contribution in [0.2, 0.25) is 0 Å². The number of hydrogen-bond acceptors (Lipinski definition) is 5. The van der Waals surface area contributed by atoms with E-state index in [0.717, 1.165) is 71.8 Å². The van der Waals surface area contributed by atoms with E-state index in [1.807, 2.05) is 0 Å². The summed E-state index contributed by atoms with van der Waals surface area (Å²) in [6.07, 6.45) is 4.08. The summed E-state index contributed by atoms with van der Waals surface area (Å²) in [4.78, 5) is 17.5. The SMILES string of the molecule is CCc1nc2c(nc1-c1ccc(C(C)C)nc1OC)c(C)cn2C(CC)CN(CC)CC. The summed E-state index contributed by atoms with van der Waals surface area (Å²) in [6.45, 7) is 18.4. The van der Waals surface area contributed by atoms with Crippen molar-refractivity contribution in [3.05, 3.63) is 35.3 Å². The van der Waals surface area contributed by atoms with Crippen LogP contribution in [0.15, 0.2) is 18.3 Å². The van der Waals surface area contributed by atoms with Gasteiger partial charge in [0, 0.05) is 24.5 Å². The first-order valence-electron chi connectivity index (χ1n) is 12.0. The van der Waals surface area contributed by atoms with Gasteiger partial charge in [-0.1, -0.05) is 41.5 Å². The average Bonchev–Trinajstić information content (AvgIpc) is 3.13. The van der Waals surface area contributed by atoms with Crippen molar-refractivity contribution >= 4 is 11.2 Å². The molecule has 1 atom stereocenters. The number of ether oxygens (including phenoxy) is 1. The monoisotopic (exact) mass is 437 g/mol. The van der Waals surface area contributed by atoms with Crippen LogP contribution in [0.3, 0.4) is 0 Å². The number of aryl methyl sites for hydroxylation is 2. The molecule has 1 unspecified atom stereocenters. The predicted molar refractivity (Wildman–Crippen MR) is 133 cm³/mol. The summed E-state index contributed by atoms with van der Waals surface area (Å²) in [7, 11) is 1.67. The Morgan fingerprint density at radius 2 is 1.75 bits per heavy atom. The number of fused-ring (bicyclic) bond motifs is 1. The van der Waals surface area contributed by atoms with Crippen LogP contribution in [0.25, 0.3) is 22.4 Å². The van der Waals surface area contributed by atoms with E-state index in [4.69, 9.17) is 19.7 Å². The minimum absolute atomic E-state index is 0.338. The minimum atomic E-state index is 0.338. The maximum atomic E-state index is 5.67. The number of likely N-dealkylation sites (N-methyl/N-ethyl adjacent to an activating group) is 1. The summed E-state index contributed by atoms with van der Waals surface area (Å²) >= 11 is 0. The van der Waals surface area contributed by atoms with Gasteiger partial charge in [-0.3, -0.25) is 0 Å². The molecule has 0 saturated carbocycles. The molecule has 0 saturated heterocycles. The van der Waals surface area contributed by atoms with Gasteiger partial charge in [-0.2, -0.15) is 0 Å². The van der Waals surface area contributed by atoms with Gasteiger partial charge < -0.3 is 14.2 Å². The largest absolute Gasteiger partial charge is 0.480 e. The molecule has 0 aliphatic rings. The third kappa shape index (κ3) is 4.65. The van der Waals surface area contributed by atoms with E-state index in [1.165, 1.54) is 0 Å². The van der Waals surface area contributed by atoms with Crippen molar-refractivity contribution in [3.63, 3.8) is 0 Å². The third-order valence-electron chi connectivity index (χ3n) is 6.39. The molecule has 3 rings (SSSR count). The second kappa shape index (κ2) is 10.4. The predicted octanol–water partition coefficient (Wildman–Crippen LogP) is 5.79. The number of nitrogens with zero attached hydrogens (tertiary/aromatic N) is 5. The Morgan fingerprint density at radius 1 is 1.03 bits per heavy atom. The van der Waals surface area contributed by atoms with Gasteiger partial charge in [0.2, 0.25) is 5.88 Å². The first-order valence-corrected chi connectivity index (χ1v) is 12.0. The molecule has 3 aromatic rings. The molecule has 0 radical (unpaired) electrons. The van der Waals surface area contributed by atoms with Gasteiger partial charge in [-0.05, 0) is 56.5 Å². The maximum absolute atomic E-state index is 5.67. The van der Waals surface area contributed by atoms with E-state index in [-0.39, 0.29) is 0 Å². The van der Waals surface area contributed by atoms with E-state index < -0.39 is 0 Å². The van der Waals surface area contributed by atoms with Crippen molar-refractivity contribution in [2.24, 2.45) is 0 Å². The maximum Gasteiger partial charge on any atom is 0.222 e. The topological polar surface area (TPSA) is 56.1 Å². The fourth-order valence-electron chi connectivity index (χ4n) is 4.28. The molecule has 0 aromatic carbocycles. The minimum Gasteiger partial charge on any atom is -0.480 e. The van der Waals surface area contributed by atoms with Crippen LogP contribution in [0.1, 0.15) is 76.9 Å². The molecular weight excluding hydrogens is 398 g/mol. The van der Waals surface area contributed by atoms with Crippen molar-refractivity contribution in [1.29, 1.82) is 0 Å². The lowest BCUT2D eigenvalue weighted by molar-refractivity contribution is 0.251. The standard InChI is InChI=1S/C26H39N5O/c1-9-19(16-30(11-3)12-4)31-15-18(7)23-25(31)27-21(10-2)24(29-23)20-13-14-22(17(5)6)28-26(20)32-8/h13-15,17,19H,9-12,16H2,1-8H3. The van der Waals surface area contributed by atoms with Crippen LogP contribution in [0.5, 0.6) is 5.88 Å². The molecule has 0 spiro atoms. The fourth-order valence-corrected chi connectivity index (χ4v) is 4.28. The number of methoxy groups -OCH3 is 1. The lowest BCUT2D eigenvalue weighted by Crippen LogP contribution is -2.30. The van der Waals surface area contributed by atoms with Gasteiger partial charge in [-0.15, -0.1) is 0 Å². The number of aromatic nitrogens is 4. The molecule has 0 N–H and O–H groups in total. The second-order valence-electron chi connectivity index (χ2n) is 8.76. The van der Waals surface area contributed by atoms with E-state index in [2.05, 4.69) is 76.3 Å². The van der Waals surface area contributed by atoms with Crippen LogP contribution in [-0.4, -0.2) is 51.2 Å². The highest BCUT2D eigenvalue weighted by atomic mass is 16.5. The highest BCUT2D eigenvalue weighted by Crippen LogP contribution is 2.34. The molecule has 3 aromatic heterocycles. The van der Waals surface area contributed by atoms with Crippen molar-refractivity contribution in [2.45, 2.75) is 73.3 Å². The fraction of sp³-hybridized carbons (Fsp3) is 0.577. The van der Waals surface area contributed by atoms with Crippen LogP contribution < -0.4 is 4.74 Å². The summed E-state index contributed by atoms with van der Waals surface area (Å²) in [5.41, 5.74) is 6.87. The van der Waals surface area contributed by atoms with Gasteiger partial charge in [0.1, 0.15) is 5.52 Å². The molecule has 32 heavy (non-hydrogen) atoms. The van der Waals surface area contributed by atoms with Gasteiger partial charge in [0.05, 0.1) is 24.1 Å². The van der Waals surface area contributed by atoms with Gasteiger partial charge in [0.15, 0.2) is 5.65 Å². The van der Waals surface area contributed by atoms with Gasteiger partial charge >= 0.3 is 0 Å². The number of pyridine rings is 1. The normalized spacial score (nSPS) is 12.8. The Kier molecular flexibility index (Phi) is 7.88. The zero-order valence-electron chi connectivity index (χ0n) is 21.1. The Morgan fingerprint density at radius 3 is 2.31 bits per heavy atom. The van der Waals surface area contributed by atoms with Crippen LogP contribution >= 0.6 is 0 Å². The summed E-state index contributed by atoms with van der Waals surface area (Å²) in [5, 5.41) is 0. The van der Waals surface area contributed by atoms with Crippen LogP contribution in [0.4, 0.5) is 0 Å². The molecule has 0 fully saturated rings. The second-order valence-corrected chi connectivity index (χ2v) is 8.76. The molecular formula is C26H39N5O. The first kappa shape index (κ1) is 24.2. The molecule has 174 valence electrons. The molecule has 0 aliphatic heterocycles. The van der Waals surface area contributed by atoms with Crippen molar-refractivity contribution in [3.8, 4) is 17.1 Å². The third-order valence-corrected chi connectivity index (χ3v) is 6.39. The highest BCUT2D eigenvalue weighted by Gasteiger charge is 2.22. The highest BCUT2D eigenvalue weighted by molar-refractivity contribution is 5.81. The average molecular weight is 438 g/mol. The molecule has 0 bridgehead atoms. The Labute approximate surface area is 193 Å². The zero-order chi connectivity index (χ0) is 23.4. The quantitative estimate of drug-likeness (QED) is 0.402. The molecule has 0 aliphatic carbocycles. The van der Waals surface area contributed by atoms with Crippen molar-refractivity contribution < 1.29 is 4.74 Å². The smallest absolute Gasteiger partial charge is 0.222 e. The molecule has 6 heteroatoms. The van der Waals surface area contributed by atoms with E-state index in [9.17, 15) is 0 Å². The first-order chi connectivity index (χ1) is 15.4. The van der Waals surface area contributed by atoms with Crippen LogP contribution in [-0.2, 0) is 6.42 Å². The lowest BCUT2D eigenvalue weighted by atomic mass is 10.1. The number of rotatable bonds is 10. The summed E-state index contributed by atoms with van der Waals surface area (Å²) in [5.74, 6) is 0.954. The Hall–Kier alpha value is -2.47. The van der Waals surface area contributed by atoms with Gasteiger partial charge in [0.25, 0.3) is 0 Å². The molecule has 0 amide bonds. The molecule has 3 heterocycles. The lowest BCUT2D eigenvalue weighted by Gasteiger charge is -2.26. The van der Waals surface area contributed by atoms with Gasteiger partial charge in [-0.25, -0.2) is 15.0 Å².